The number of hydrogen-bond donors (Lipinski definition) is 0. The van der Waals surface area contributed by atoms with Gasteiger partial charge in [0, 0.05) is 23.3 Å². The van der Waals surface area contributed by atoms with E-state index in [9.17, 15) is 23.1 Å². The summed E-state index contributed by atoms with van der Waals surface area (Å²) in [6.07, 6.45) is -2.83. The Hall–Kier alpha value is -1.70. The van der Waals surface area contributed by atoms with Crippen molar-refractivity contribution in [2.45, 2.75) is 38.9 Å². The molecule has 1 aromatic rings. The van der Waals surface area contributed by atoms with Gasteiger partial charge in [0.2, 0.25) is 0 Å². The van der Waals surface area contributed by atoms with Crippen LogP contribution in [0.25, 0.3) is 0 Å². The summed E-state index contributed by atoms with van der Waals surface area (Å²) in [7, 11) is -1.57. The molecule has 0 heterocycles. The summed E-state index contributed by atoms with van der Waals surface area (Å²) in [5, 5.41) is 10.8. The van der Waals surface area contributed by atoms with E-state index >= 15 is 0 Å². The van der Waals surface area contributed by atoms with Crippen molar-refractivity contribution in [1.29, 1.82) is 0 Å². The fraction of sp³-hybridized carbons (Fsp3) is 0.462. The van der Waals surface area contributed by atoms with Crippen molar-refractivity contribution < 1.29 is 17.9 Å². The number of alkyl halides is 2. The van der Waals surface area contributed by atoms with Gasteiger partial charge >= 0.3 is 0 Å². The minimum absolute atomic E-state index is 0.164. The van der Waals surface area contributed by atoms with Crippen LogP contribution in [-0.2, 0) is 11.0 Å². The average Bonchev–Trinajstić information content (AvgIpc) is 2.36. The predicted octanol–water partition coefficient (Wildman–Crippen LogP) is 3.80. The quantitative estimate of drug-likeness (QED) is 0.481. The van der Waals surface area contributed by atoms with Crippen LogP contribution in [0.4, 0.5) is 14.5 Å². The minimum atomic E-state index is -2.83. The van der Waals surface area contributed by atoms with Gasteiger partial charge in [-0.05, 0) is 33.8 Å². The number of non-ortho nitro benzene ring substituents is 1. The van der Waals surface area contributed by atoms with Gasteiger partial charge in [-0.1, -0.05) is 0 Å². The smallest absolute Gasteiger partial charge is 0.258 e. The molecule has 5 nitrogen and oxygen atoms in total. The van der Waals surface area contributed by atoms with Gasteiger partial charge in [-0.3, -0.25) is 10.1 Å². The molecule has 8 heteroatoms. The molecule has 0 fully saturated rings. The maximum absolute atomic E-state index is 12.8. The van der Waals surface area contributed by atoms with Gasteiger partial charge < -0.3 is 0 Å². The van der Waals surface area contributed by atoms with Gasteiger partial charge in [0.1, 0.15) is 11.0 Å². The lowest BCUT2D eigenvalue weighted by atomic mass is 10.1. The van der Waals surface area contributed by atoms with Gasteiger partial charge in [-0.2, -0.15) is 4.40 Å². The summed E-state index contributed by atoms with van der Waals surface area (Å²) in [5.74, 6) is 0. The highest BCUT2D eigenvalue weighted by Crippen LogP contribution is 2.26. The van der Waals surface area contributed by atoms with Gasteiger partial charge in [0.25, 0.3) is 12.1 Å². The third-order valence-electron chi connectivity index (χ3n) is 2.56. The third-order valence-corrected chi connectivity index (χ3v) is 4.05. The summed E-state index contributed by atoms with van der Waals surface area (Å²) in [6.45, 7) is 6.64. The van der Waals surface area contributed by atoms with Crippen LogP contribution in [0, 0.1) is 10.1 Å². The molecule has 1 aromatic carbocycles. The second kappa shape index (κ2) is 6.38. The average molecular weight is 318 g/mol. The fourth-order valence-corrected chi connectivity index (χ4v) is 2.02. The molecule has 1 unspecified atom stereocenters. The predicted molar refractivity (Wildman–Crippen MR) is 78.2 cm³/mol. The van der Waals surface area contributed by atoms with Crippen molar-refractivity contribution in [1.82, 2.24) is 0 Å². The van der Waals surface area contributed by atoms with E-state index in [4.69, 9.17) is 0 Å². The summed E-state index contributed by atoms with van der Waals surface area (Å²) < 4.78 is 40.8. The molecular weight excluding hydrogens is 302 g/mol. The first kappa shape index (κ1) is 17.4. The van der Waals surface area contributed by atoms with Gasteiger partial charge in [0.05, 0.1) is 15.4 Å². The lowest BCUT2D eigenvalue weighted by molar-refractivity contribution is -0.385. The van der Waals surface area contributed by atoms with E-state index in [1.807, 2.05) is 0 Å². The number of halogens is 2. The lowest BCUT2D eigenvalue weighted by Gasteiger charge is -2.14. The zero-order valence-electron chi connectivity index (χ0n) is 12.1. The van der Waals surface area contributed by atoms with E-state index in [0.717, 1.165) is 18.2 Å². The highest BCUT2D eigenvalue weighted by atomic mass is 32.2. The molecule has 21 heavy (non-hydrogen) atoms. The summed E-state index contributed by atoms with van der Waals surface area (Å²) in [6, 6.07) is 3.09. The summed E-state index contributed by atoms with van der Waals surface area (Å²) in [4.78, 5) is 10.0. The monoisotopic (exact) mass is 318 g/mol. The van der Waals surface area contributed by atoms with Crippen molar-refractivity contribution in [3.05, 3.63) is 39.4 Å². The molecule has 0 N–H and O–H groups in total. The summed E-state index contributed by atoms with van der Waals surface area (Å²) in [5.41, 5.74) is -0.528. The second-order valence-electron chi connectivity index (χ2n) is 5.41. The first-order valence-corrected chi connectivity index (χ1v) is 7.18. The highest BCUT2D eigenvalue weighted by Gasteiger charge is 2.21. The molecular formula is C13H16F2N2O3S. The Balaban J connectivity index is 3.32. The molecule has 0 bridgehead atoms. The fourth-order valence-electron chi connectivity index (χ4n) is 1.39. The third kappa shape index (κ3) is 4.66. The molecule has 0 amide bonds. The van der Waals surface area contributed by atoms with Crippen LogP contribution in [0.1, 0.15) is 45.2 Å². The molecule has 0 spiro atoms. The van der Waals surface area contributed by atoms with Crippen molar-refractivity contribution >= 4 is 22.4 Å². The lowest BCUT2D eigenvalue weighted by Crippen LogP contribution is -2.20. The Morgan fingerprint density at radius 3 is 2.33 bits per heavy atom. The van der Waals surface area contributed by atoms with Crippen LogP contribution in [-0.4, -0.2) is 19.6 Å². The molecule has 0 aromatic heterocycles. The van der Waals surface area contributed by atoms with Crippen molar-refractivity contribution in [2.75, 3.05) is 0 Å². The standard InChI is InChI=1S/C13H16F2N2O3S/c1-8(16-21(20)13(2,3)4)9-5-10(12(14)15)7-11(6-9)17(18)19/h5-7,12H,1-4H3. The van der Waals surface area contributed by atoms with E-state index in [-0.39, 0.29) is 11.3 Å². The van der Waals surface area contributed by atoms with Crippen LogP contribution in [0.2, 0.25) is 0 Å². The first-order chi connectivity index (χ1) is 9.52. The molecule has 0 aliphatic rings. The van der Waals surface area contributed by atoms with Gasteiger partial charge in [-0.25, -0.2) is 13.0 Å². The Bertz CT molecular complexity index is 610. The van der Waals surface area contributed by atoms with Crippen LogP contribution < -0.4 is 0 Å². The van der Waals surface area contributed by atoms with Crippen LogP contribution in [0.3, 0.4) is 0 Å². The van der Waals surface area contributed by atoms with Crippen molar-refractivity contribution in [3.8, 4) is 0 Å². The molecule has 1 atom stereocenters. The number of nitro groups is 1. The minimum Gasteiger partial charge on any atom is -0.258 e. The Labute approximate surface area is 123 Å². The second-order valence-corrected chi connectivity index (χ2v) is 7.31. The first-order valence-electron chi connectivity index (χ1n) is 6.07. The number of nitro benzene ring substituents is 1. The van der Waals surface area contributed by atoms with Crippen LogP contribution in [0.5, 0.6) is 0 Å². The topological polar surface area (TPSA) is 72.6 Å². The van der Waals surface area contributed by atoms with Crippen molar-refractivity contribution in [3.63, 3.8) is 0 Å². The van der Waals surface area contributed by atoms with Gasteiger partial charge in [-0.15, -0.1) is 0 Å². The molecule has 0 saturated heterocycles. The normalized spacial score (nSPS) is 14.3. The molecule has 0 radical (unpaired) electrons. The van der Waals surface area contributed by atoms with Crippen LogP contribution >= 0.6 is 0 Å². The molecule has 1 rings (SSSR count). The number of rotatable bonds is 4. The number of nitrogens with zero attached hydrogens (tertiary/aromatic N) is 2. The molecule has 116 valence electrons. The van der Waals surface area contributed by atoms with E-state index < -0.39 is 38.3 Å². The van der Waals surface area contributed by atoms with E-state index in [2.05, 4.69) is 4.40 Å². The maximum atomic E-state index is 12.8. The molecule has 0 saturated carbocycles. The highest BCUT2D eigenvalue weighted by molar-refractivity contribution is 7.85. The summed E-state index contributed by atoms with van der Waals surface area (Å²) >= 11 is 0. The van der Waals surface area contributed by atoms with Crippen LogP contribution in [0.15, 0.2) is 22.6 Å². The zero-order valence-corrected chi connectivity index (χ0v) is 12.9. The SMILES string of the molecule is CC(=NS(=O)C(C)(C)C)c1cc(C(F)F)cc([N+](=O)[O-])c1. The van der Waals surface area contributed by atoms with E-state index in [1.54, 1.807) is 20.8 Å². The van der Waals surface area contributed by atoms with E-state index in [1.165, 1.54) is 6.92 Å². The number of hydrogen-bond acceptors (Lipinski definition) is 3. The molecule has 0 aliphatic carbocycles. The zero-order chi connectivity index (χ0) is 16.4. The Kier molecular flexibility index (Phi) is 5.27. The Morgan fingerprint density at radius 1 is 1.33 bits per heavy atom. The largest absolute Gasteiger partial charge is 0.270 e. The van der Waals surface area contributed by atoms with Crippen molar-refractivity contribution in [2.24, 2.45) is 4.40 Å². The molecule has 0 aliphatic heterocycles. The van der Waals surface area contributed by atoms with Gasteiger partial charge in [0.15, 0.2) is 0 Å². The van der Waals surface area contributed by atoms with E-state index in [0.29, 0.717) is 0 Å². The Morgan fingerprint density at radius 2 is 1.90 bits per heavy atom. The number of benzene rings is 1. The maximum Gasteiger partial charge on any atom is 0.270 e.